The van der Waals surface area contributed by atoms with Crippen molar-refractivity contribution in [2.75, 3.05) is 14.2 Å². The van der Waals surface area contributed by atoms with Crippen molar-refractivity contribution >= 4 is 5.91 Å². The first kappa shape index (κ1) is 34.9. The molecule has 3 nitrogen and oxygen atoms in total. The molecule has 1 amide bonds. The third-order valence-electron chi connectivity index (χ3n) is 1.65. The quantitative estimate of drug-likeness (QED) is 0.299. The Morgan fingerprint density at radius 3 is 1.44 bits per heavy atom. The van der Waals surface area contributed by atoms with Crippen LogP contribution in [0.5, 0.6) is 0 Å². The van der Waals surface area contributed by atoms with Crippen molar-refractivity contribution < 1.29 is 9.63 Å². The Labute approximate surface area is 159 Å². The van der Waals surface area contributed by atoms with E-state index in [0.29, 0.717) is 5.57 Å². The van der Waals surface area contributed by atoms with E-state index in [1.165, 1.54) is 25.0 Å². The van der Waals surface area contributed by atoms with Crippen LogP contribution in [0.3, 0.4) is 0 Å². The number of hydrogen-bond donors (Lipinski definition) is 0. The number of likely N-dealkylation sites (N-methyl/N-ethyl adjacent to an activating group) is 1. The van der Waals surface area contributed by atoms with Crippen LogP contribution >= 0.6 is 0 Å². The average molecular weight is 358 g/mol. The van der Waals surface area contributed by atoms with Crippen LogP contribution in [0.1, 0.15) is 89.0 Å². The predicted octanol–water partition coefficient (Wildman–Crippen LogP) is 7.36. The van der Waals surface area contributed by atoms with E-state index in [1.807, 2.05) is 54.5 Å². The van der Waals surface area contributed by atoms with Gasteiger partial charge in [0.1, 0.15) is 0 Å². The van der Waals surface area contributed by atoms with Crippen molar-refractivity contribution in [3.63, 3.8) is 0 Å². The first-order chi connectivity index (χ1) is 11.7. The maximum atomic E-state index is 11.8. The molecule has 25 heavy (non-hydrogen) atoms. The fourth-order valence-corrected chi connectivity index (χ4v) is 1.01. The lowest BCUT2D eigenvalue weighted by Gasteiger charge is -2.14. The summed E-state index contributed by atoms with van der Waals surface area (Å²) in [6, 6.07) is 0. The third kappa shape index (κ3) is 34.8. The molecule has 0 saturated heterocycles. The Morgan fingerprint density at radius 1 is 0.920 bits per heavy atom. The molecule has 0 bridgehead atoms. The topological polar surface area (TPSA) is 29.5 Å². The molecule has 0 radical (unpaired) electrons. The van der Waals surface area contributed by atoms with Gasteiger partial charge in [-0.25, -0.2) is 5.06 Å². The van der Waals surface area contributed by atoms with Crippen molar-refractivity contribution in [2.24, 2.45) is 0 Å². The highest BCUT2D eigenvalue weighted by Gasteiger charge is 2.12. The summed E-state index contributed by atoms with van der Waals surface area (Å²) in [5.74, 6) is -0.179. The van der Waals surface area contributed by atoms with E-state index in [4.69, 9.17) is 4.84 Å². The molecule has 3 heteroatoms. The van der Waals surface area contributed by atoms with E-state index >= 15 is 0 Å². The van der Waals surface area contributed by atoms with Crippen molar-refractivity contribution in [2.45, 2.75) is 89.0 Å². The summed E-state index contributed by atoms with van der Waals surface area (Å²) in [6.07, 6.45) is 6.05. The molecule has 0 fully saturated rings. The molecule has 0 N–H and O–H groups in total. The van der Waals surface area contributed by atoms with E-state index in [-0.39, 0.29) is 5.91 Å². The second-order valence-electron chi connectivity index (χ2n) is 5.07. The van der Waals surface area contributed by atoms with Crippen LogP contribution in [0.2, 0.25) is 0 Å². The predicted molar refractivity (Wildman–Crippen MR) is 117 cm³/mol. The van der Waals surface area contributed by atoms with Gasteiger partial charge in [0.05, 0.1) is 7.11 Å². The number of carbonyl (C=O) groups excluding carboxylic acids is 1. The Bertz CT molecular complexity index is 336. The number of rotatable bonds is 4. The van der Waals surface area contributed by atoms with Gasteiger partial charge in [0.25, 0.3) is 5.91 Å². The van der Waals surface area contributed by atoms with Gasteiger partial charge in [-0.15, -0.1) is 0 Å². The smallest absolute Gasteiger partial charge is 0.274 e. The molecule has 0 aromatic heterocycles. The number of nitrogens with zero attached hydrogens (tertiary/aromatic N) is 1. The molecule has 0 aliphatic heterocycles. The normalized spacial score (nSPS) is 8.44. The largest absolute Gasteiger partial charge is 0.277 e. The first-order valence-corrected chi connectivity index (χ1v) is 9.55. The van der Waals surface area contributed by atoms with E-state index in [0.717, 1.165) is 11.1 Å². The monoisotopic (exact) mass is 357 g/mol. The van der Waals surface area contributed by atoms with Crippen LogP contribution < -0.4 is 0 Å². The van der Waals surface area contributed by atoms with Gasteiger partial charge in [-0.2, -0.15) is 0 Å². The van der Waals surface area contributed by atoms with Gasteiger partial charge in [-0.3, -0.25) is 9.63 Å². The van der Waals surface area contributed by atoms with Gasteiger partial charge in [0.2, 0.25) is 0 Å². The molecule has 0 atom stereocenters. The van der Waals surface area contributed by atoms with Crippen molar-refractivity contribution in [3.05, 3.63) is 35.5 Å². The molecule has 0 aromatic carbocycles. The van der Waals surface area contributed by atoms with Crippen LogP contribution in [0.4, 0.5) is 0 Å². The van der Waals surface area contributed by atoms with Crippen LogP contribution in [0.15, 0.2) is 35.5 Å². The fourth-order valence-electron chi connectivity index (χ4n) is 1.01. The summed E-state index contributed by atoms with van der Waals surface area (Å²) in [4.78, 5) is 16.6. The van der Waals surface area contributed by atoms with E-state index < -0.39 is 0 Å². The molecule has 0 unspecified atom stereocenters. The highest BCUT2D eigenvalue weighted by Crippen LogP contribution is 2.09. The number of allylic oxidation sites excluding steroid dienone is 3. The zero-order valence-electron chi connectivity index (χ0n) is 19.5. The van der Waals surface area contributed by atoms with Crippen LogP contribution in [0, 0.1) is 0 Å². The Balaban J connectivity index is -0.000000111. The van der Waals surface area contributed by atoms with Gasteiger partial charge in [-0.1, -0.05) is 92.0 Å². The van der Waals surface area contributed by atoms with Gasteiger partial charge in [0.15, 0.2) is 0 Å². The van der Waals surface area contributed by atoms with Crippen LogP contribution in [0.25, 0.3) is 0 Å². The molecule has 0 heterocycles. The molecule has 152 valence electrons. The molecule has 0 spiro atoms. The molecular weight excluding hydrogens is 310 g/mol. The lowest BCUT2D eigenvalue weighted by Crippen LogP contribution is -2.26. The lowest BCUT2D eigenvalue weighted by molar-refractivity contribution is -0.163. The number of hydroxylamine groups is 2. The first-order valence-electron chi connectivity index (χ1n) is 9.55. The third-order valence-corrected chi connectivity index (χ3v) is 1.65. The minimum Gasteiger partial charge on any atom is -0.274 e. The average Bonchev–Trinajstić information content (AvgIpc) is 2.57. The highest BCUT2D eigenvalue weighted by atomic mass is 16.7. The Kier molecular flexibility index (Phi) is 42.6. The van der Waals surface area contributed by atoms with E-state index in [9.17, 15) is 4.79 Å². The zero-order chi connectivity index (χ0) is 21.4. The minimum atomic E-state index is -0.179. The maximum absolute atomic E-state index is 11.8. The van der Waals surface area contributed by atoms with Crippen molar-refractivity contribution in [3.8, 4) is 0 Å². The van der Waals surface area contributed by atoms with Gasteiger partial charge in [0, 0.05) is 12.6 Å². The summed E-state index contributed by atoms with van der Waals surface area (Å²) < 4.78 is 0. The second-order valence-corrected chi connectivity index (χ2v) is 5.07. The summed E-state index contributed by atoms with van der Waals surface area (Å²) in [5.41, 5.74) is 2.47. The molecule has 0 aromatic rings. The Morgan fingerprint density at radius 2 is 1.24 bits per heavy atom. The molecule has 0 rings (SSSR count). The van der Waals surface area contributed by atoms with Gasteiger partial charge < -0.3 is 0 Å². The Hall–Kier alpha value is -1.35. The number of carbonyl (C=O) groups is 1. The fraction of sp³-hybridized carbons (Fsp3) is 0.682. The van der Waals surface area contributed by atoms with E-state index in [2.05, 4.69) is 34.3 Å². The summed E-state index contributed by atoms with van der Waals surface area (Å²) >= 11 is 0. The second kappa shape index (κ2) is 30.5. The van der Waals surface area contributed by atoms with Gasteiger partial charge in [-0.05, 0) is 26.8 Å². The summed E-state index contributed by atoms with van der Waals surface area (Å²) in [5, 5.41) is 1.19. The summed E-state index contributed by atoms with van der Waals surface area (Å²) in [7, 11) is 3.03. The number of amides is 1. The van der Waals surface area contributed by atoms with E-state index in [1.54, 1.807) is 13.1 Å². The van der Waals surface area contributed by atoms with Gasteiger partial charge >= 0.3 is 0 Å². The highest BCUT2D eigenvalue weighted by molar-refractivity contribution is 5.96. The summed E-state index contributed by atoms with van der Waals surface area (Å²) in [6.45, 7) is 26.0. The molecule has 0 saturated carbocycles. The lowest BCUT2D eigenvalue weighted by atomic mass is 10.1. The minimum absolute atomic E-state index is 0.179. The maximum Gasteiger partial charge on any atom is 0.277 e. The molecular formula is C22H47NO2. The van der Waals surface area contributed by atoms with Crippen molar-refractivity contribution in [1.29, 1.82) is 0 Å². The molecule has 0 aliphatic carbocycles. The molecule has 0 aliphatic rings. The van der Waals surface area contributed by atoms with Crippen LogP contribution in [-0.4, -0.2) is 25.1 Å². The van der Waals surface area contributed by atoms with Crippen molar-refractivity contribution in [1.82, 2.24) is 5.06 Å². The van der Waals surface area contributed by atoms with Crippen LogP contribution in [-0.2, 0) is 9.63 Å². The zero-order valence-corrected chi connectivity index (χ0v) is 19.5. The standard InChI is InChI=1S/C12H19NO2.2C3H8.2C2H6/c1-9(2)7-11(8-10(3)4)12(14)13(5)15-6;2*1-3-2;2*1-2/h7-8H,1H2,2-6H3;2*3H2,1-2H3;2*1-2H3/b11-7+;;;;. The SMILES string of the molecule is C=C(C)/C=C(\C=C(C)C)C(=O)N(C)OC.CC.CC.CCC.CCC. The number of hydrogen-bond acceptors (Lipinski definition) is 2.